The van der Waals surface area contributed by atoms with Crippen LogP contribution in [0.2, 0.25) is 0 Å². The first kappa shape index (κ1) is 24.5. The first-order chi connectivity index (χ1) is 16.4. The minimum atomic E-state index is -4.42. The van der Waals surface area contributed by atoms with Crippen LogP contribution < -0.4 is 15.2 Å². The summed E-state index contributed by atoms with van der Waals surface area (Å²) in [5.74, 6) is -0.204. The molecule has 2 aromatic heterocycles. The number of nitrogens with one attached hydrogen (secondary N) is 2. The maximum atomic E-state index is 13.3. The van der Waals surface area contributed by atoms with Gasteiger partial charge in [-0.1, -0.05) is 19.1 Å². The van der Waals surface area contributed by atoms with Crippen molar-refractivity contribution in [2.24, 2.45) is 5.92 Å². The number of para-hydroxylation sites is 1. The van der Waals surface area contributed by atoms with Crippen molar-refractivity contribution < 1.29 is 18.3 Å². The number of carbonyl (C=O) groups is 1. The third-order valence-corrected chi connectivity index (χ3v) is 8.23. The van der Waals surface area contributed by atoms with Crippen molar-refractivity contribution in [1.29, 1.82) is 0 Å². The van der Waals surface area contributed by atoms with Crippen molar-refractivity contribution >= 4 is 21.7 Å². The second-order valence-electron chi connectivity index (χ2n) is 9.33. The second-order valence-corrected chi connectivity index (χ2v) is 11.0. The highest BCUT2D eigenvalue weighted by atomic mass is 32.2. The lowest BCUT2D eigenvalue weighted by Crippen LogP contribution is -2.44. The molecule has 0 bridgehead atoms. The molecule has 1 unspecified atom stereocenters. The number of aromatic nitrogens is 2. The fourth-order valence-corrected chi connectivity index (χ4v) is 5.33. The second kappa shape index (κ2) is 8.84. The van der Waals surface area contributed by atoms with E-state index in [0.717, 1.165) is 12.5 Å². The Balaban J connectivity index is 1.82. The van der Waals surface area contributed by atoms with Crippen molar-refractivity contribution in [3.8, 4) is 17.0 Å². The Kier molecular flexibility index (Phi) is 6.18. The third kappa shape index (κ3) is 4.41. The van der Waals surface area contributed by atoms with Crippen molar-refractivity contribution in [3.05, 3.63) is 70.1 Å². The van der Waals surface area contributed by atoms with Gasteiger partial charge in [0, 0.05) is 23.8 Å². The van der Waals surface area contributed by atoms with Crippen LogP contribution in [0.1, 0.15) is 43.1 Å². The molecule has 0 aliphatic carbocycles. The summed E-state index contributed by atoms with van der Waals surface area (Å²) in [7, 11) is -4.42. The van der Waals surface area contributed by atoms with Gasteiger partial charge in [0.1, 0.15) is 11.6 Å². The number of rotatable bonds is 5. The number of hydrogen-bond acceptors (Lipinski definition) is 7. The van der Waals surface area contributed by atoms with E-state index in [9.17, 15) is 23.1 Å². The number of anilines is 1. The van der Waals surface area contributed by atoms with E-state index in [2.05, 4.69) is 11.9 Å². The molecule has 9 nitrogen and oxygen atoms in total. The van der Waals surface area contributed by atoms with Crippen LogP contribution in [0.25, 0.3) is 11.3 Å². The number of sulfonamides is 1. The number of carbonyl (C=O) groups excluding carboxylic acids is 1. The molecule has 35 heavy (non-hydrogen) atoms. The first-order valence-electron chi connectivity index (χ1n) is 11.3. The number of benzene rings is 1. The standard InChI is InChI=1S/C25H28N4O5S/c1-15-7-5-8-17(21(15)30)19-11-10-18(22(27-19)29-14-12-16(2)25(29,3)4)23(31)28-35(33,34)20-9-6-13-26-24(20)32/h5-11,13,16,30H,12,14H2,1-4H3,(H,26,32)(H,28,31). The van der Waals surface area contributed by atoms with Crippen LogP contribution >= 0.6 is 0 Å². The average Bonchev–Trinajstić information content (AvgIpc) is 3.07. The molecule has 0 spiro atoms. The molecule has 1 aromatic carbocycles. The van der Waals surface area contributed by atoms with Gasteiger partial charge >= 0.3 is 0 Å². The fourth-order valence-electron chi connectivity index (χ4n) is 4.31. The molecular weight excluding hydrogens is 468 g/mol. The number of H-pyrrole nitrogens is 1. The zero-order valence-corrected chi connectivity index (χ0v) is 20.8. The Labute approximate surface area is 203 Å². The van der Waals surface area contributed by atoms with Crippen molar-refractivity contribution in [3.63, 3.8) is 0 Å². The molecular formula is C25H28N4O5S. The van der Waals surface area contributed by atoms with Crippen molar-refractivity contribution in [2.75, 3.05) is 11.4 Å². The monoisotopic (exact) mass is 496 g/mol. The fraction of sp³-hybridized carbons (Fsp3) is 0.320. The summed E-state index contributed by atoms with van der Waals surface area (Å²) in [4.78, 5) is 33.7. The summed E-state index contributed by atoms with van der Waals surface area (Å²) in [5, 5.41) is 10.6. The molecule has 1 aliphatic rings. The number of phenols is 1. The molecule has 184 valence electrons. The van der Waals surface area contributed by atoms with Gasteiger partial charge in [-0.3, -0.25) is 9.59 Å². The number of nitrogens with zero attached hydrogens (tertiary/aromatic N) is 2. The zero-order chi connectivity index (χ0) is 25.5. The van der Waals surface area contributed by atoms with E-state index < -0.39 is 26.4 Å². The molecule has 3 aromatic rings. The predicted octanol–water partition coefficient (Wildman–Crippen LogP) is 3.19. The van der Waals surface area contributed by atoms with E-state index in [0.29, 0.717) is 35.1 Å². The summed E-state index contributed by atoms with van der Waals surface area (Å²) in [6, 6.07) is 10.9. The highest BCUT2D eigenvalue weighted by molar-refractivity contribution is 7.90. The summed E-state index contributed by atoms with van der Waals surface area (Å²) >= 11 is 0. The zero-order valence-electron chi connectivity index (χ0n) is 20.0. The van der Waals surface area contributed by atoms with Crippen LogP contribution in [0.5, 0.6) is 5.75 Å². The van der Waals surface area contributed by atoms with Gasteiger partial charge in [-0.15, -0.1) is 0 Å². The topological polar surface area (TPSA) is 132 Å². The van der Waals surface area contributed by atoms with Gasteiger partial charge in [0.2, 0.25) is 0 Å². The summed E-state index contributed by atoms with van der Waals surface area (Å²) in [6.45, 7) is 8.61. The van der Waals surface area contributed by atoms with Crippen LogP contribution in [-0.4, -0.2) is 41.5 Å². The Morgan fingerprint density at radius 3 is 2.60 bits per heavy atom. The first-order valence-corrected chi connectivity index (χ1v) is 12.7. The molecule has 0 radical (unpaired) electrons. The number of aryl methyl sites for hydroxylation is 1. The molecule has 1 amide bonds. The highest BCUT2D eigenvalue weighted by Gasteiger charge is 2.41. The van der Waals surface area contributed by atoms with Crippen LogP contribution in [0.15, 0.2) is 58.4 Å². The minimum Gasteiger partial charge on any atom is -0.507 e. The molecule has 3 N–H and O–H groups in total. The van der Waals surface area contributed by atoms with Gasteiger partial charge in [-0.25, -0.2) is 18.1 Å². The van der Waals surface area contributed by atoms with E-state index >= 15 is 0 Å². The van der Waals surface area contributed by atoms with Gasteiger partial charge in [0.25, 0.3) is 21.5 Å². The number of amides is 1. The molecule has 1 aliphatic heterocycles. The maximum absolute atomic E-state index is 13.3. The number of aromatic hydroxyl groups is 1. The van der Waals surface area contributed by atoms with E-state index in [1.807, 2.05) is 23.5 Å². The van der Waals surface area contributed by atoms with Crippen molar-refractivity contribution in [2.45, 2.75) is 44.6 Å². The van der Waals surface area contributed by atoms with Gasteiger partial charge in [-0.05, 0) is 69.0 Å². The number of aromatic amines is 1. The van der Waals surface area contributed by atoms with Crippen molar-refractivity contribution in [1.82, 2.24) is 14.7 Å². The summed E-state index contributed by atoms with van der Waals surface area (Å²) < 4.78 is 27.6. The van der Waals surface area contributed by atoms with E-state index in [4.69, 9.17) is 4.98 Å². The van der Waals surface area contributed by atoms with Crippen LogP contribution in [0.4, 0.5) is 5.82 Å². The summed E-state index contributed by atoms with van der Waals surface area (Å²) in [6.07, 6.45) is 2.18. The lowest BCUT2D eigenvalue weighted by Gasteiger charge is -2.36. The SMILES string of the molecule is Cc1cccc(-c2ccc(C(=O)NS(=O)(=O)c3ccc[nH]c3=O)c(N3CCC(C)C3(C)C)n2)c1O. The van der Waals surface area contributed by atoms with E-state index in [1.165, 1.54) is 18.3 Å². The van der Waals surface area contributed by atoms with Crippen LogP contribution in [-0.2, 0) is 10.0 Å². The maximum Gasteiger partial charge on any atom is 0.269 e. The lowest BCUT2D eigenvalue weighted by atomic mass is 9.90. The molecule has 0 saturated carbocycles. The largest absolute Gasteiger partial charge is 0.507 e. The average molecular weight is 497 g/mol. The molecule has 1 fully saturated rings. The molecule has 10 heteroatoms. The van der Waals surface area contributed by atoms with Gasteiger partial charge in [0.15, 0.2) is 4.90 Å². The van der Waals surface area contributed by atoms with Gasteiger partial charge in [0.05, 0.1) is 11.3 Å². The summed E-state index contributed by atoms with van der Waals surface area (Å²) in [5.41, 5.74) is 0.513. The predicted molar refractivity (Wildman–Crippen MR) is 133 cm³/mol. The Morgan fingerprint density at radius 2 is 1.94 bits per heavy atom. The number of hydrogen-bond donors (Lipinski definition) is 3. The van der Waals surface area contributed by atoms with Gasteiger partial charge < -0.3 is 15.0 Å². The van der Waals surface area contributed by atoms with E-state index in [1.54, 1.807) is 31.2 Å². The lowest BCUT2D eigenvalue weighted by molar-refractivity contribution is 0.0981. The minimum absolute atomic E-state index is 0.0546. The number of phenolic OH excluding ortho intramolecular Hbond substituents is 1. The van der Waals surface area contributed by atoms with Gasteiger partial charge in [-0.2, -0.15) is 0 Å². The van der Waals surface area contributed by atoms with E-state index in [-0.39, 0.29) is 16.9 Å². The molecule has 1 saturated heterocycles. The molecule has 3 heterocycles. The molecule has 4 rings (SSSR count). The van der Waals surface area contributed by atoms with Crippen LogP contribution in [0.3, 0.4) is 0 Å². The Hall–Kier alpha value is -3.66. The highest BCUT2D eigenvalue weighted by Crippen LogP contribution is 2.40. The normalized spacial score (nSPS) is 17.4. The number of pyridine rings is 2. The third-order valence-electron chi connectivity index (χ3n) is 6.88. The van der Waals surface area contributed by atoms with Crippen LogP contribution in [0, 0.1) is 12.8 Å². The quantitative estimate of drug-likeness (QED) is 0.494. The Bertz CT molecular complexity index is 1460. The molecule has 1 atom stereocenters. The smallest absolute Gasteiger partial charge is 0.269 e. The Morgan fingerprint density at radius 1 is 1.20 bits per heavy atom.